The zero-order valence-electron chi connectivity index (χ0n) is 16.9. The molecule has 30 heavy (non-hydrogen) atoms. The second kappa shape index (κ2) is 10.2. The predicted molar refractivity (Wildman–Crippen MR) is 116 cm³/mol. The van der Waals surface area contributed by atoms with Crippen molar-refractivity contribution in [1.82, 2.24) is 15.3 Å². The molecule has 0 radical (unpaired) electrons. The van der Waals surface area contributed by atoms with Gasteiger partial charge in [0, 0.05) is 44.1 Å². The number of fused-ring (bicyclic) bond motifs is 1. The van der Waals surface area contributed by atoms with Crippen molar-refractivity contribution in [2.45, 2.75) is 26.2 Å². The Morgan fingerprint density at radius 2 is 2.13 bits per heavy atom. The molecule has 1 aliphatic rings. The standard InChI is InChI=1S/C20H25N5O4S/c1-3-21-15-8-5-12(11-23-15)16(26)13-6-7-14-18(17(13)27)30-20(24-14)25-19(28)22-9-4-10-29-2/h5,8,11,27H,3-4,6-7,9-10H2,1-2H3,(H,21,23)(H2,22,24,25,28). The van der Waals surface area contributed by atoms with Crippen LogP contribution in [0, 0.1) is 0 Å². The smallest absolute Gasteiger partial charge is 0.321 e. The fraction of sp³-hybridized carbons (Fsp3) is 0.400. The van der Waals surface area contributed by atoms with Crippen LogP contribution in [0.25, 0.3) is 5.76 Å². The minimum atomic E-state index is -0.371. The Hall–Kier alpha value is -2.98. The van der Waals surface area contributed by atoms with Crippen molar-refractivity contribution in [3.63, 3.8) is 0 Å². The van der Waals surface area contributed by atoms with Crippen LogP contribution in [0.4, 0.5) is 15.7 Å². The number of anilines is 2. The largest absolute Gasteiger partial charge is 0.506 e. The van der Waals surface area contributed by atoms with Crippen LogP contribution in [0.3, 0.4) is 0 Å². The van der Waals surface area contributed by atoms with E-state index in [1.54, 1.807) is 19.2 Å². The number of allylic oxidation sites excluding steroid dienone is 1. The maximum absolute atomic E-state index is 12.9. The number of amides is 2. The predicted octanol–water partition coefficient (Wildman–Crippen LogP) is 3.23. The van der Waals surface area contributed by atoms with Crippen LogP contribution in [0.2, 0.25) is 0 Å². The highest BCUT2D eigenvalue weighted by molar-refractivity contribution is 7.16. The number of carbonyl (C=O) groups is 2. The first-order chi connectivity index (χ1) is 14.5. The van der Waals surface area contributed by atoms with Crippen LogP contribution in [-0.2, 0) is 11.2 Å². The number of pyridine rings is 1. The summed E-state index contributed by atoms with van der Waals surface area (Å²) in [6.07, 6.45) is 3.09. The molecule has 0 aromatic carbocycles. The van der Waals surface area contributed by atoms with E-state index in [4.69, 9.17) is 4.74 Å². The fourth-order valence-corrected chi connectivity index (χ4v) is 4.01. The molecule has 0 aliphatic heterocycles. The van der Waals surface area contributed by atoms with E-state index in [9.17, 15) is 14.7 Å². The average Bonchev–Trinajstić information content (AvgIpc) is 3.15. The molecule has 0 saturated heterocycles. The molecule has 160 valence electrons. The number of aliphatic hydroxyl groups excluding tert-OH is 1. The Morgan fingerprint density at radius 3 is 2.83 bits per heavy atom. The first-order valence-corrected chi connectivity index (χ1v) is 10.6. The molecule has 1 aliphatic carbocycles. The highest BCUT2D eigenvalue weighted by atomic mass is 32.1. The molecule has 0 unspecified atom stereocenters. The Morgan fingerprint density at radius 1 is 1.30 bits per heavy atom. The van der Waals surface area contributed by atoms with Gasteiger partial charge in [-0.05, 0) is 38.3 Å². The number of nitrogens with zero attached hydrogens (tertiary/aromatic N) is 2. The van der Waals surface area contributed by atoms with E-state index in [0.717, 1.165) is 17.9 Å². The van der Waals surface area contributed by atoms with Crippen LogP contribution < -0.4 is 16.0 Å². The zero-order valence-corrected chi connectivity index (χ0v) is 17.8. The van der Waals surface area contributed by atoms with Gasteiger partial charge in [-0.25, -0.2) is 14.8 Å². The summed E-state index contributed by atoms with van der Waals surface area (Å²) in [7, 11) is 1.61. The van der Waals surface area contributed by atoms with E-state index in [-0.39, 0.29) is 17.6 Å². The van der Waals surface area contributed by atoms with Gasteiger partial charge in [0.25, 0.3) is 0 Å². The second-order valence-electron chi connectivity index (χ2n) is 6.64. The Bertz CT molecular complexity index is 939. The molecule has 3 rings (SSSR count). The summed E-state index contributed by atoms with van der Waals surface area (Å²) in [6, 6.07) is 3.06. The van der Waals surface area contributed by atoms with Crippen molar-refractivity contribution in [2.75, 3.05) is 37.4 Å². The molecule has 0 atom stereocenters. The molecule has 0 fully saturated rings. The summed E-state index contributed by atoms with van der Waals surface area (Å²) in [5.41, 5.74) is 1.42. The molecule has 2 aromatic heterocycles. The summed E-state index contributed by atoms with van der Waals surface area (Å²) in [6.45, 7) is 3.75. The number of rotatable bonds is 9. The van der Waals surface area contributed by atoms with Gasteiger partial charge < -0.3 is 20.5 Å². The number of Topliss-reactive ketones (excluding diaryl/α,β-unsaturated/α-hetero) is 1. The van der Waals surface area contributed by atoms with Crippen molar-refractivity contribution >= 4 is 39.9 Å². The van der Waals surface area contributed by atoms with Gasteiger partial charge in [-0.1, -0.05) is 11.3 Å². The van der Waals surface area contributed by atoms with Crippen LogP contribution >= 0.6 is 11.3 Å². The van der Waals surface area contributed by atoms with E-state index in [2.05, 4.69) is 25.9 Å². The number of ketones is 1. The van der Waals surface area contributed by atoms with Gasteiger partial charge in [0.2, 0.25) is 0 Å². The number of hydrogen-bond donors (Lipinski definition) is 4. The van der Waals surface area contributed by atoms with Crippen molar-refractivity contribution in [2.24, 2.45) is 0 Å². The molecule has 0 bridgehead atoms. The minimum absolute atomic E-state index is 0.0805. The third-order valence-electron chi connectivity index (χ3n) is 4.50. The lowest BCUT2D eigenvalue weighted by Crippen LogP contribution is -2.30. The van der Waals surface area contributed by atoms with Crippen LogP contribution in [0.1, 0.15) is 40.7 Å². The van der Waals surface area contributed by atoms with Gasteiger partial charge in [-0.15, -0.1) is 0 Å². The number of methoxy groups -OCH3 is 1. The second-order valence-corrected chi connectivity index (χ2v) is 7.64. The van der Waals surface area contributed by atoms with Gasteiger partial charge >= 0.3 is 6.03 Å². The van der Waals surface area contributed by atoms with Crippen LogP contribution in [0.15, 0.2) is 23.9 Å². The molecule has 10 heteroatoms. The fourth-order valence-electron chi connectivity index (χ4n) is 3.03. The monoisotopic (exact) mass is 431 g/mol. The van der Waals surface area contributed by atoms with Crippen LogP contribution in [-0.4, -0.2) is 53.7 Å². The molecule has 0 saturated carbocycles. The van der Waals surface area contributed by atoms with Crippen molar-refractivity contribution in [1.29, 1.82) is 0 Å². The van der Waals surface area contributed by atoms with Crippen molar-refractivity contribution < 1.29 is 19.4 Å². The number of hydrogen-bond acceptors (Lipinski definition) is 8. The first-order valence-electron chi connectivity index (χ1n) is 9.74. The maximum atomic E-state index is 12.9. The van der Waals surface area contributed by atoms with Crippen LogP contribution in [0.5, 0.6) is 0 Å². The average molecular weight is 432 g/mol. The normalized spacial score (nSPS) is 13.0. The summed E-state index contributed by atoms with van der Waals surface area (Å²) in [5.74, 6) is 0.354. The summed E-state index contributed by atoms with van der Waals surface area (Å²) in [5, 5.41) is 19.5. The van der Waals surface area contributed by atoms with Gasteiger partial charge in [0.05, 0.1) is 10.6 Å². The summed E-state index contributed by atoms with van der Waals surface area (Å²) < 4.78 is 4.94. The lowest BCUT2D eigenvalue weighted by Gasteiger charge is -2.14. The van der Waals surface area contributed by atoms with Gasteiger partial charge in [-0.2, -0.15) is 0 Å². The number of thiazole rings is 1. The third-order valence-corrected chi connectivity index (χ3v) is 5.52. The van der Waals surface area contributed by atoms with E-state index in [1.165, 1.54) is 6.20 Å². The molecule has 9 nitrogen and oxygen atoms in total. The summed E-state index contributed by atoms with van der Waals surface area (Å²) in [4.78, 5) is 33.9. The van der Waals surface area contributed by atoms with E-state index in [0.29, 0.717) is 65.1 Å². The lowest BCUT2D eigenvalue weighted by atomic mass is 9.93. The number of ether oxygens (including phenoxy) is 1. The Balaban J connectivity index is 1.70. The van der Waals surface area contributed by atoms with Gasteiger partial charge in [-0.3, -0.25) is 10.1 Å². The van der Waals surface area contributed by atoms with E-state index >= 15 is 0 Å². The molecular formula is C20H25N5O4S. The molecule has 4 N–H and O–H groups in total. The molecule has 0 spiro atoms. The topological polar surface area (TPSA) is 125 Å². The number of aliphatic hydroxyl groups is 1. The van der Waals surface area contributed by atoms with E-state index < -0.39 is 0 Å². The Labute approximate surface area is 178 Å². The molecule has 2 heterocycles. The number of nitrogens with one attached hydrogen (secondary N) is 3. The number of aromatic nitrogens is 2. The zero-order chi connectivity index (χ0) is 21.5. The van der Waals surface area contributed by atoms with Crippen molar-refractivity contribution in [3.05, 3.63) is 40.0 Å². The number of urea groups is 1. The maximum Gasteiger partial charge on any atom is 0.321 e. The highest BCUT2D eigenvalue weighted by Crippen LogP contribution is 2.37. The quantitative estimate of drug-likeness (QED) is 0.355. The highest BCUT2D eigenvalue weighted by Gasteiger charge is 2.28. The SMILES string of the molecule is CCNc1ccc(C(=O)C2=C(O)c3sc(NC(=O)NCCCOC)nc3CC2)cn1. The molecule has 2 amide bonds. The van der Waals surface area contributed by atoms with Gasteiger partial charge in [0.1, 0.15) is 11.6 Å². The minimum Gasteiger partial charge on any atom is -0.506 e. The van der Waals surface area contributed by atoms with E-state index in [1.807, 2.05) is 6.92 Å². The molecular weight excluding hydrogens is 406 g/mol. The van der Waals surface area contributed by atoms with Gasteiger partial charge in [0.15, 0.2) is 10.9 Å². The Kier molecular flexibility index (Phi) is 7.36. The molecule has 2 aromatic rings. The number of aryl methyl sites for hydroxylation is 1. The first kappa shape index (κ1) is 21.7. The number of carbonyl (C=O) groups excluding carboxylic acids is 2. The summed E-state index contributed by atoms with van der Waals surface area (Å²) >= 11 is 1.15. The third kappa shape index (κ3) is 5.14. The van der Waals surface area contributed by atoms with Crippen molar-refractivity contribution in [3.8, 4) is 0 Å². The lowest BCUT2D eigenvalue weighted by molar-refractivity contribution is 0.102.